The van der Waals surface area contributed by atoms with Gasteiger partial charge in [-0.2, -0.15) is 0 Å². The van der Waals surface area contributed by atoms with Crippen LogP contribution < -0.4 is 11.1 Å². The van der Waals surface area contributed by atoms with E-state index in [1.165, 1.54) is 0 Å². The molecular formula is C21H26N4O4. The van der Waals surface area contributed by atoms with Gasteiger partial charge in [-0.15, -0.1) is 0 Å². The van der Waals surface area contributed by atoms with Crippen molar-refractivity contribution in [3.8, 4) is 0 Å². The summed E-state index contributed by atoms with van der Waals surface area (Å²) in [7, 11) is 0. The Hall–Kier alpha value is -2.58. The Morgan fingerprint density at radius 2 is 1.79 bits per heavy atom. The topological polar surface area (TPSA) is 113 Å². The van der Waals surface area contributed by atoms with Crippen LogP contribution in [-0.2, 0) is 16.1 Å². The van der Waals surface area contributed by atoms with Crippen LogP contribution in [0.4, 0.5) is 0 Å². The Kier molecular flexibility index (Phi) is 5.00. The van der Waals surface area contributed by atoms with E-state index in [9.17, 15) is 19.2 Å². The number of likely N-dealkylation sites (tertiary alicyclic amines) is 1. The van der Waals surface area contributed by atoms with Crippen LogP contribution in [0.5, 0.6) is 0 Å². The van der Waals surface area contributed by atoms with Gasteiger partial charge in [-0.3, -0.25) is 34.3 Å². The van der Waals surface area contributed by atoms with Gasteiger partial charge in [-0.05, 0) is 62.0 Å². The maximum atomic E-state index is 12.9. The lowest BCUT2D eigenvalue weighted by atomic mass is 9.80. The molecule has 0 aliphatic carbocycles. The van der Waals surface area contributed by atoms with Gasteiger partial charge >= 0.3 is 0 Å². The summed E-state index contributed by atoms with van der Waals surface area (Å²) in [6.45, 7) is 5.49. The van der Waals surface area contributed by atoms with E-state index < -0.39 is 23.8 Å². The highest BCUT2D eigenvalue weighted by molar-refractivity contribution is 6.23. The second-order valence-electron chi connectivity index (χ2n) is 8.62. The Bertz CT molecular complexity index is 889. The number of rotatable bonds is 4. The van der Waals surface area contributed by atoms with Gasteiger partial charge in [0.25, 0.3) is 11.8 Å². The number of hydrogen-bond acceptors (Lipinski definition) is 6. The fourth-order valence-electron chi connectivity index (χ4n) is 4.33. The first-order valence-electron chi connectivity index (χ1n) is 10.1. The molecule has 1 aromatic rings. The van der Waals surface area contributed by atoms with E-state index in [-0.39, 0.29) is 24.2 Å². The molecule has 4 rings (SSSR count). The molecule has 3 aliphatic rings. The van der Waals surface area contributed by atoms with Gasteiger partial charge in [-0.25, -0.2) is 0 Å². The van der Waals surface area contributed by atoms with Crippen LogP contribution in [-0.4, -0.2) is 59.1 Å². The van der Waals surface area contributed by atoms with Crippen molar-refractivity contribution in [2.45, 2.75) is 45.2 Å². The maximum Gasteiger partial charge on any atom is 0.262 e. The maximum absolute atomic E-state index is 12.9. The summed E-state index contributed by atoms with van der Waals surface area (Å²) in [4.78, 5) is 52.5. The molecule has 1 unspecified atom stereocenters. The molecule has 0 radical (unpaired) electrons. The number of nitrogens with one attached hydrogen (secondary N) is 1. The first kappa shape index (κ1) is 19.7. The smallest absolute Gasteiger partial charge is 0.262 e. The lowest BCUT2D eigenvalue weighted by Gasteiger charge is -2.38. The van der Waals surface area contributed by atoms with Crippen molar-refractivity contribution in [2.24, 2.45) is 11.1 Å². The van der Waals surface area contributed by atoms with Crippen molar-refractivity contribution in [2.75, 3.05) is 19.6 Å². The van der Waals surface area contributed by atoms with Crippen molar-refractivity contribution in [1.82, 2.24) is 15.1 Å². The van der Waals surface area contributed by atoms with Crippen molar-refractivity contribution in [3.63, 3.8) is 0 Å². The highest BCUT2D eigenvalue weighted by Gasteiger charge is 2.44. The molecule has 3 N–H and O–H groups in total. The molecule has 2 fully saturated rings. The summed E-state index contributed by atoms with van der Waals surface area (Å²) >= 11 is 0. The minimum atomic E-state index is -0.931. The van der Waals surface area contributed by atoms with Crippen molar-refractivity contribution >= 4 is 23.6 Å². The van der Waals surface area contributed by atoms with Gasteiger partial charge in [0.05, 0.1) is 11.1 Å². The molecular weight excluding hydrogens is 372 g/mol. The van der Waals surface area contributed by atoms with E-state index >= 15 is 0 Å². The number of piperidine rings is 2. The number of nitrogens with zero attached hydrogens (tertiary/aromatic N) is 2. The minimum absolute atomic E-state index is 0.117. The molecule has 1 aromatic carbocycles. The van der Waals surface area contributed by atoms with E-state index in [0.29, 0.717) is 24.2 Å². The van der Waals surface area contributed by atoms with Crippen molar-refractivity contribution < 1.29 is 19.2 Å². The van der Waals surface area contributed by atoms with E-state index in [2.05, 4.69) is 17.1 Å². The molecule has 8 heteroatoms. The third-order valence-corrected chi connectivity index (χ3v) is 6.47. The number of fused-ring (bicyclic) bond motifs is 1. The van der Waals surface area contributed by atoms with Crippen LogP contribution >= 0.6 is 0 Å². The van der Waals surface area contributed by atoms with Gasteiger partial charge in [-0.1, -0.05) is 13.0 Å². The summed E-state index contributed by atoms with van der Waals surface area (Å²) < 4.78 is 0. The van der Waals surface area contributed by atoms with E-state index in [0.717, 1.165) is 36.4 Å². The first-order chi connectivity index (χ1) is 13.8. The second-order valence-corrected chi connectivity index (χ2v) is 8.62. The van der Waals surface area contributed by atoms with E-state index in [1.807, 2.05) is 6.07 Å². The Morgan fingerprint density at radius 3 is 2.45 bits per heavy atom. The molecule has 0 aromatic heterocycles. The lowest BCUT2D eigenvalue weighted by molar-refractivity contribution is -0.136. The second kappa shape index (κ2) is 7.35. The Labute approximate surface area is 169 Å². The molecule has 4 amide bonds. The standard InChI is InChI=1S/C21H26N4O4/c1-21(12-22)6-8-24(9-7-21)11-13-2-3-14-15(10-13)20(29)25(19(14)28)16-4-5-17(26)23-18(16)27/h2-3,10,16H,4-9,11-12,22H2,1H3,(H,23,26,27). The first-order valence-corrected chi connectivity index (χ1v) is 10.1. The number of carbonyl (C=O) groups excluding carboxylic acids is 4. The van der Waals surface area contributed by atoms with Gasteiger partial charge in [0.2, 0.25) is 11.8 Å². The van der Waals surface area contributed by atoms with Gasteiger partial charge in [0.15, 0.2) is 0 Å². The van der Waals surface area contributed by atoms with Gasteiger partial charge < -0.3 is 5.73 Å². The number of benzene rings is 1. The molecule has 1 atom stereocenters. The minimum Gasteiger partial charge on any atom is -0.330 e. The third kappa shape index (κ3) is 3.58. The summed E-state index contributed by atoms with van der Waals surface area (Å²) in [6, 6.07) is 4.37. The highest BCUT2D eigenvalue weighted by Crippen LogP contribution is 2.31. The predicted octanol–water partition coefficient (Wildman–Crippen LogP) is 0.649. The molecule has 29 heavy (non-hydrogen) atoms. The zero-order valence-corrected chi connectivity index (χ0v) is 16.6. The fourth-order valence-corrected chi connectivity index (χ4v) is 4.33. The largest absolute Gasteiger partial charge is 0.330 e. The number of hydrogen-bond donors (Lipinski definition) is 2. The van der Waals surface area contributed by atoms with Crippen LogP contribution in [0.2, 0.25) is 0 Å². The number of nitrogens with two attached hydrogens (primary N) is 1. The average Bonchev–Trinajstić information content (AvgIpc) is 2.94. The molecule has 3 aliphatic heterocycles. The molecule has 0 bridgehead atoms. The summed E-state index contributed by atoms with van der Waals surface area (Å²) in [5.74, 6) is -1.90. The van der Waals surface area contributed by atoms with Gasteiger partial charge in [0, 0.05) is 13.0 Å². The Balaban J connectivity index is 1.49. The lowest BCUT2D eigenvalue weighted by Crippen LogP contribution is -2.54. The SMILES string of the molecule is CC1(CN)CCN(Cc2ccc3c(c2)C(=O)N(C2CCC(=O)NC2=O)C3=O)CC1. The normalized spacial score (nSPS) is 24.6. The number of amides is 4. The summed E-state index contributed by atoms with van der Waals surface area (Å²) in [6.07, 6.45) is 2.35. The van der Waals surface area contributed by atoms with E-state index in [4.69, 9.17) is 5.73 Å². The van der Waals surface area contributed by atoms with Gasteiger partial charge in [0.1, 0.15) is 6.04 Å². The summed E-state index contributed by atoms with van der Waals surface area (Å²) in [5, 5.41) is 2.21. The van der Waals surface area contributed by atoms with Crippen molar-refractivity contribution in [3.05, 3.63) is 34.9 Å². The number of carbonyl (C=O) groups is 4. The average molecular weight is 398 g/mol. The highest BCUT2D eigenvalue weighted by atomic mass is 16.2. The molecule has 0 saturated carbocycles. The van der Waals surface area contributed by atoms with Crippen LogP contribution in [0.3, 0.4) is 0 Å². The molecule has 154 valence electrons. The summed E-state index contributed by atoms with van der Waals surface area (Å²) in [5.41, 5.74) is 7.69. The van der Waals surface area contributed by atoms with E-state index in [1.54, 1.807) is 12.1 Å². The molecule has 8 nitrogen and oxygen atoms in total. The van der Waals surface area contributed by atoms with Crippen LogP contribution in [0.1, 0.15) is 58.9 Å². The monoisotopic (exact) mass is 398 g/mol. The zero-order valence-electron chi connectivity index (χ0n) is 16.6. The molecule has 3 heterocycles. The van der Waals surface area contributed by atoms with Crippen molar-refractivity contribution in [1.29, 1.82) is 0 Å². The fraction of sp³-hybridized carbons (Fsp3) is 0.524. The number of imide groups is 2. The third-order valence-electron chi connectivity index (χ3n) is 6.47. The predicted molar refractivity (Wildman–Crippen MR) is 105 cm³/mol. The van der Waals surface area contributed by atoms with Crippen LogP contribution in [0.25, 0.3) is 0 Å². The molecule has 2 saturated heterocycles. The van der Waals surface area contributed by atoms with Crippen LogP contribution in [0, 0.1) is 5.41 Å². The quantitative estimate of drug-likeness (QED) is 0.720. The molecule has 0 spiro atoms. The zero-order chi connectivity index (χ0) is 20.8. The van der Waals surface area contributed by atoms with Crippen LogP contribution in [0.15, 0.2) is 18.2 Å². The Morgan fingerprint density at radius 1 is 1.10 bits per heavy atom.